The molecule has 1 aliphatic heterocycles. The summed E-state index contributed by atoms with van der Waals surface area (Å²) in [5.41, 5.74) is 2.60. The maximum atomic E-state index is 12.1. The molecule has 1 unspecified atom stereocenters. The molecule has 0 radical (unpaired) electrons. The molecular weight excluding hydrogens is 302 g/mol. The van der Waals surface area contributed by atoms with Crippen molar-refractivity contribution in [3.05, 3.63) is 29.5 Å². The Morgan fingerprint density at radius 1 is 1.46 bits per heavy atom. The monoisotopic (exact) mass is 329 g/mol. The first kappa shape index (κ1) is 17.0. The molecule has 1 fully saturated rings. The van der Waals surface area contributed by atoms with Gasteiger partial charge in [0.25, 0.3) is 0 Å². The van der Waals surface area contributed by atoms with Crippen molar-refractivity contribution in [3.63, 3.8) is 0 Å². The molecule has 1 amide bonds. The molecule has 5 nitrogen and oxygen atoms in total. The van der Waals surface area contributed by atoms with Crippen LogP contribution in [0.2, 0.25) is 0 Å². The number of amides is 1. The summed E-state index contributed by atoms with van der Waals surface area (Å²) in [6, 6.07) is 5.91. The lowest BCUT2D eigenvalue weighted by Crippen LogP contribution is -2.36. The second-order valence-electron chi connectivity index (χ2n) is 7.06. The van der Waals surface area contributed by atoms with Crippen molar-refractivity contribution in [1.29, 1.82) is 0 Å². The van der Waals surface area contributed by atoms with E-state index in [9.17, 15) is 4.79 Å². The number of fused-ring (bicyclic) bond motifs is 1. The summed E-state index contributed by atoms with van der Waals surface area (Å²) in [4.78, 5) is 14.6. The lowest BCUT2D eigenvalue weighted by atomic mass is 10.0. The van der Waals surface area contributed by atoms with Crippen molar-refractivity contribution in [2.75, 3.05) is 26.2 Å². The van der Waals surface area contributed by atoms with E-state index in [1.54, 1.807) is 0 Å². The molecule has 2 aromatic rings. The Kier molecular flexibility index (Phi) is 5.51. The number of nitrogens with zero attached hydrogens (tertiary/aromatic N) is 2. The molecule has 5 heteroatoms. The van der Waals surface area contributed by atoms with E-state index in [4.69, 9.17) is 4.52 Å². The molecule has 0 bridgehead atoms. The summed E-state index contributed by atoms with van der Waals surface area (Å²) in [6.07, 6.45) is 3.92. The number of benzene rings is 1. The van der Waals surface area contributed by atoms with Gasteiger partial charge in [-0.05, 0) is 57.3 Å². The fourth-order valence-corrected chi connectivity index (χ4v) is 3.46. The van der Waals surface area contributed by atoms with Gasteiger partial charge in [0.2, 0.25) is 5.91 Å². The Labute approximate surface area is 143 Å². The first-order valence-corrected chi connectivity index (χ1v) is 8.96. The third kappa shape index (κ3) is 4.35. The molecule has 1 aromatic carbocycles. The highest BCUT2D eigenvalue weighted by atomic mass is 16.5. The normalized spacial score (nSPS) is 18.8. The van der Waals surface area contributed by atoms with Crippen LogP contribution in [0, 0.1) is 12.8 Å². The quantitative estimate of drug-likeness (QED) is 0.828. The number of aromatic nitrogens is 1. The van der Waals surface area contributed by atoms with Crippen molar-refractivity contribution >= 4 is 16.9 Å². The van der Waals surface area contributed by atoms with Crippen LogP contribution in [0.3, 0.4) is 0 Å². The van der Waals surface area contributed by atoms with Gasteiger partial charge in [-0.25, -0.2) is 0 Å². The number of hydrogen-bond donors (Lipinski definition) is 1. The molecular formula is C19H27N3O2. The van der Waals surface area contributed by atoms with Gasteiger partial charge in [-0.3, -0.25) is 4.79 Å². The van der Waals surface area contributed by atoms with Gasteiger partial charge in [0.15, 0.2) is 5.58 Å². The van der Waals surface area contributed by atoms with Gasteiger partial charge in [-0.1, -0.05) is 23.7 Å². The third-order valence-electron chi connectivity index (χ3n) is 4.74. The number of hydrogen-bond acceptors (Lipinski definition) is 4. The van der Waals surface area contributed by atoms with Crippen LogP contribution < -0.4 is 5.32 Å². The zero-order chi connectivity index (χ0) is 16.9. The molecule has 1 saturated heterocycles. The highest BCUT2D eigenvalue weighted by molar-refractivity contribution is 5.86. The van der Waals surface area contributed by atoms with Gasteiger partial charge >= 0.3 is 0 Å². The van der Waals surface area contributed by atoms with Gasteiger partial charge in [0, 0.05) is 18.5 Å². The fraction of sp³-hybridized carbons (Fsp3) is 0.579. The van der Waals surface area contributed by atoms with E-state index in [1.807, 2.05) is 25.1 Å². The van der Waals surface area contributed by atoms with Crippen LogP contribution in [-0.4, -0.2) is 42.1 Å². The topological polar surface area (TPSA) is 58.4 Å². The van der Waals surface area contributed by atoms with Gasteiger partial charge in [-0.2, -0.15) is 0 Å². The minimum Gasteiger partial charge on any atom is -0.356 e. The predicted octanol–water partition coefficient (Wildman–Crippen LogP) is 2.92. The third-order valence-corrected chi connectivity index (χ3v) is 4.74. The summed E-state index contributed by atoms with van der Waals surface area (Å²) >= 11 is 0. The van der Waals surface area contributed by atoms with Crippen molar-refractivity contribution in [3.8, 4) is 0 Å². The number of carbonyl (C=O) groups is 1. The maximum Gasteiger partial charge on any atom is 0.226 e. The van der Waals surface area contributed by atoms with Crippen molar-refractivity contribution in [2.24, 2.45) is 5.92 Å². The molecule has 130 valence electrons. The van der Waals surface area contributed by atoms with E-state index in [-0.39, 0.29) is 12.3 Å². The molecule has 2 heterocycles. The Hall–Kier alpha value is -1.88. The molecule has 0 saturated carbocycles. The van der Waals surface area contributed by atoms with Crippen molar-refractivity contribution in [1.82, 2.24) is 15.4 Å². The molecule has 1 atom stereocenters. The largest absolute Gasteiger partial charge is 0.356 e. The number of nitrogens with one attached hydrogen (secondary N) is 1. The molecule has 3 rings (SSSR count). The van der Waals surface area contributed by atoms with E-state index in [1.165, 1.54) is 25.9 Å². The van der Waals surface area contributed by atoms with Gasteiger partial charge < -0.3 is 14.7 Å². The number of likely N-dealkylation sites (tertiary alicyclic amines) is 1. The van der Waals surface area contributed by atoms with Crippen LogP contribution >= 0.6 is 0 Å². The lowest BCUT2D eigenvalue weighted by molar-refractivity contribution is -0.120. The average molecular weight is 329 g/mol. The number of rotatable bonds is 6. The van der Waals surface area contributed by atoms with Crippen LogP contribution in [0.25, 0.3) is 11.0 Å². The summed E-state index contributed by atoms with van der Waals surface area (Å²) in [5, 5.41) is 7.98. The highest BCUT2D eigenvalue weighted by Gasteiger charge is 2.16. The molecule has 1 N–H and O–H groups in total. The van der Waals surface area contributed by atoms with Crippen LogP contribution in [-0.2, 0) is 11.2 Å². The number of piperidine rings is 1. The fourth-order valence-electron chi connectivity index (χ4n) is 3.46. The van der Waals surface area contributed by atoms with Gasteiger partial charge in [-0.15, -0.1) is 0 Å². The number of aryl methyl sites for hydroxylation is 1. The minimum atomic E-state index is 0.0127. The van der Waals surface area contributed by atoms with Crippen LogP contribution in [0.1, 0.15) is 37.4 Å². The lowest BCUT2D eigenvalue weighted by Gasteiger charge is -2.30. The summed E-state index contributed by atoms with van der Waals surface area (Å²) in [5.74, 6) is 0.816. The van der Waals surface area contributed by atoms with E-state index in [2.05, 4.69) is 22.3 Å². The van der Waals surface area contributed by atoms with E-state index >= 15 is 0 Å². The zero-order valence-electron chi connectivity index (χ0n) is 14.7. The SMILES string of the molecule is Cc1ccc2onc(CC(=O)NCCCN3CCCC(C)C3)c2c1. The van der Waals surface area contributed by atoms with Crippen LogP contribution in [0.15, 0.2) is 22.7 Å². The molecule has 1 aromatic heterocycles. The first-order chi connectivity index (χ1) is 11.6. The maximum absolute atomic E-state index is 12.1. The van der Waals surface area contributed by atoms with E-state index in [0.717, 1.165) is 47.7 Å². The molecule has 0 spiro atoms. The minimum absolute atomic E-state index is 0.0127. The second kappa shape index (κ2) is 7.79. The Morgan fingerprint density at radius 2 is 2.33 bits per heavy atom. The first-order valence-electron chi connectivity index (χ1n) is 8.96. The standard InChI is InChI=1S/C19H27N3O2/c1-14-6-7-18-16(11-14)17(21-24-18)12-19(23)20-8-4-10-22-9-3-5-15(2)13-22/h6-7,11,15H,3-5,8-10,12-13H2,1-2H3,(H,20,23). The second-order valence-corrected chi connectivity index (χ2v) is 7.06. The zero-order valence-corrected chi connectivity index (χ0v) is 14.7. The Bertz CT molecular complexity index is 695. The van der Waals surface area contributed by atoms with E-state index < -0.39 is 0 Å². The van der Waals surface area contributed by atoms with Crippen LogP contribution in [0.4, 0.5) is 0 Å². The Morgan fingerprint density at radius 3 is 3.17 bits per heavy atom. The molecule has 24 heavy (non-hydrogen) atoms. The summed E-state index contributed by atoms with van der Waals surface area (Å²) in [6.45, 7) is 8.52. The van der Waals surface area contributed by atoms with E-state index in [0.29, 0.717) is 0 Å². The van der Waals surface area contributed by atoms with Gasteiger partial charge in [0.05, 0.1) is 6.42 Å². The predicted molar refractivity (Wildman–Crippen MR) is 94.9 cm³/mol. The molecule has 0 aliphatic carbocycles. The highest BCUT2D eigenvalue weighted by Crippen LogP contribution is 2.20. The van der Waals surface area contributed by atoms with Crippen molar-refractivity contribution < 1.29 is 9.32 Å². The van der Waals surface area contributed by atoms with Crippen LogP contribution in [0.5, 0.6) is 0 Å². The molecule has 1 aliphatic rings. The smallest absolute Gasteiger partial charge is 0.226 e. The van der Waals surface area contributed by atoms with Gasteiger partial charge in [0.1, 0.15) is 5.69 Å². The summed E-state index contributed by atoms with van der Waals surface area (Å²) < 4.78 is 5.28. The summed E-state index contributed by atoms with van der Waals surface area (Å²) in [7, 11) is 0. The number of carbonyl (C=O) groups excluding carboxylic acids is 1. The Balaban J connectivity index is 1.43. The average Bonchev–Trinajstić information content (AvgIpc) is 2.94. The van der Waals surface area contributed by atoms with Crippen molar-refractivity contribution in [2.45, 2.75) is 39.5 Å².